The number of hydrogen-bond donors (Lipinski definition) is 2. The first-order valence-corrected chi connectivity index (χ1v) is 9.50. The number of carbonyl (C=O) groups excluding carboxylic acids is 2. The first-order chi connectivity index (χ1) is 13.6. The van der Waals surface area contributed by atoms with Crippen LogP contribution in [0.2, 0.25) is 0 Å². The maximum atomic E-state index is 11.9. The third-order valence-corrected chi connectivity index (χ3v) is 4.62. The van der Waals surface area contributed by atoms with Gasteiger partial charge in [-0.15, -0.1) is 0 Å². The van der Waals surface area contributed by atoms with Gasteiger partial charge in [0.15, 0.2) is 6.61 Å². The lowest BCUT2D eigenvalue weighted by molar-refractivity contribution is -0.125. The minimum Gasteiger partial charge on any atom is -0.484 e. The van der Waals surface area contributed by atoms with Gasteiger partial charge in [0.05, 0.1) is 12.2 Å². The Morgan fingerprint density at radius 1 is 0.786 bits per heavy atom. The van der Waals surface area contributed by atoms with Crippen molar-refractivity contribution in [1.29, 1.82) is 0 Å². The number of rotatable bonds is 7. The fourth-order valence-electron chi connectivity index (χ4n) is 2.51. The molecule has 0 aliphatic rings. The zero-order chi connectivity index (χ0) is 19.8. The molecule has 6 heteroatoms. The molecule has 0 atom stereocenters. The topological polar surface area (TPSA) is 67.4 Å². The molecule has 2 amide bonds. The molecule has 0 saturated carbocycles. The SMILES string of the molecule is O=C(COc1ccc(-c2ccccc2)cc1)NCC(=O)Nc1ccccc1Br. The molecule has 0 aromatic heterocycles. The Kier molecular flexibility index (Phi) is 6.81. The molecule has 0 heterocycles. The number of anilines is 1. The molecule has 0 spiro atoms. The van der Waals surface area contributed by atoms with Gasteiger partial charge >= 0.3 is 0 Å². The molecule has 2 N–H and O–H groups in total. The standard InChI is InChI=1S/C22H19BrN2O3/c23-19-8-4-5-9-20(19)25-21(26)14-24-22(27)15-28-18-12-10-17(11-13-18)16-6-2-1-3-7-16/h1-13H,14-15H2,(H,24,27)(H,25,26). The van der Waals surface area contributed by atoms with Crippen molar-refractivity contribution in [2.45, 2.75) is 0 Å². The summed E-state index contributed by atoms with van der Waals surface area (Å²) in [5.74, 6) is -0.0885. The van der Waals surface area contributed by atoms with Crippen molar-refractivity contribution in [2.24, 2.45) is 0 Å². The van der Waals surface area contributed by atoms with Gasteiger partial charge in [-0.05, 0) is 51.3 Å². The van der Waals surface area contributed by atoms with E-state index in [0.717, 1.165) is 15.6 Å². The van der Waals surface area contributed by atoms with E-state index >= 15 is 0 Å². The van der Waals surface area contributed by atoms with Gasteiger partial charge in [-0.25, -0.2) is 0 Å². The van der Waals surface area contributed by atoms with Gasteiger partial charge in [0.1, 0.15) is 5.75 Å². The number of ether oxygens (including phenoxy) is 1. The van der Waals surface area contributed by atoms with Gasteiger partial charge in [-0.2, -0.15) is 0 Å². The number of carbonyl (C=O) groups is 2. The van der Waals surface area contributed by atoms with Crippen LogP contribution in [0.15, 0.2) is 83.3 Å². The van der Waals surface area contributed by atoms with Crippen molar-refractivity contribution in [3.05, 3.63) is 83.3 Å². The normalized spacial score (nSPS) is 10.2. The maximum Gasteiger partial charge on any atom is 0.258 e. The first-order valence-electron chi connectivity index (χ1n) is 8.71. The van der Waals surface area contributed by atoms with E-state index in [4.69, 9.17) is 4.74 Å². The van der Waals surface area contributed by atoms with Crippen molar-refractivity contribution in [3.63, 3.8) is 0 Å². The maximum absolute atomic E-state index is 11.9. The molecule has 3 aromatic rings. The predicted molar refractivity (Wildman–Crippen MR) is 113 cm³/mol. The lowest BCUT2D eigenvalue weighted by atomic mass is 10.1. The summed E-state index contributed by atoms with van der Waals surface area (Å²) >= 11 is 3.35. The Balaban J connectivity index is 1.43. The second-order valence-corrected chi connectivity index (χ2v) is 6.84. The molecule has 0 bridgehead atoms. The summed E-state index contributed by atoms with van der Waals surface area (Å²) in [6.07, 6.45) is 0. The first kappa shape index (κ1) is 19.6. The van der Waals surface area contributed by atoms with E-state index in [9.17, 15) is 9.59 Å². The number of para-hydroxylation sites is 1. The third-order valence-electron chi connectivity index (χ3n) is 3.93. The summed E-state index contributed by atoms with van der Waals surface area (Å²) in [7, 11) is 0. The fraction of sp³-hybridized carbons (Fsp3) is 0.0909. The zero-order valence-electron chi connectivity index (χ0n) is 15.0. The van der Waals surface area contributed by atoms with Crippen LogP contribution in [0.5, 0.6) is 5.75 Å². The minimum absolute atomic E-state index is 0.128. The molecular formula is C22H19BrN2O3. The number of benzene rings is 3. The van der Waals surface area contributed by atoms with Crippen LogP contribution in [0, 0.1) is 0 Å². The van der Waals surface area contributed by atoms with Crippen molar-refractivity contribution in [2.75, 3.05) is 18.5 Å². The van der Waals surface area contributed by atoms with E-state index in [0.29, 0.717) is 11.4 Å². The van der Waals surface area contributed by atoms with Gasteiger partial charge in [0.2, 0.25) is 5.91 Å². The van der Waals surface area contributed by atoms with Gasteiger partial charge < -0.3 is 15.4 Å². The molecule has 0 radical (unpaired) electrons. The van der Waals surface area contributed by atoms with Crippen LogP contribution in [-0.4, -0.2) is 25.0 Å². The van der Waals surface area contributed by atoms with Crippen LogP contribution in [0.3, 0.4) is 0 Å². The molecule has 5 nitrogen and oxygen atoms in total. The lowest BCUT2D eigenvalue weighted by Crippen LogP contribution is -2.35. The monoisotopic (exact) mass is 438 g/mol. The van der Waals surface area contributed by atoms with E-state index in [1.54, 1.807) is 6.07 Å². The molecule has 142 valence electrons. The van der Waals surface area contributed by atoms with Gasteiger partial charge in [-0.1, -0.05) is 54.6 Å². The van der Waals surface area contributed by atoms with Crippen LogP contribution < -0.4 is 15.4 Å². The molecule has 3 aromatic carbocycles. The van der Waals surface area contributed by atoms with Crippen LogP contribution in [0.25, 0.3) is 11.1 Å². The molecule has 28 heavy (non-hydrogen) atoms. The highest BCUT2D eigenvalue weighted by atomic mass is 79.9. The summed E-state index contributed by atoms with van der Waals surface area (Å²) in [5, 5.41) is 5.26. The van der Waals surface area contributed by atoms with Crippen molar-refractivity contribution in [1.82, 2.24) is 5.32 Å². The van der Waals surface area contributed by atoms with Gasteiger partial charge in [0, 0.05) is 4.47 Å². The number of halogens is 1. The number of nitrogens with one attached hydrogen (secondary N) is 2. The fourth-order valence-corrected chi connectivity index (χ4v) is 2.89. The Morgan fingerprint density at radius 3 is 2.14 bits per heavy atom. The third kappa shape index (κ3) is 5.69. The van der Waals surface area contributed by atoms with Crippen molar-refractivity contribution >= 4 is 33.4 Å². The molecule has 0 aliphatic heterocycles. The Hall–Kier alpha value is -3.12. The summed E-state index contributed by atoms with van der Waals surface area (Å²) in [6.45, 7) is -0.288. The molecule has 0 aliphatic carbocycles. The van der Waals surface area contributed by atoms with E-state index in [1.807, 2.05) is 72.8 Å². The van der Waals surface area contributed by atoms with E-state index in [-0.39, 0.29) is 25.0 Å². The number of amides is 2. The minimum atomic E-state index is -0.366. The smallest absolute Gasteiger partial charge is 0.258 e. The van der Waals surface area contributed by atoms with E-state index in [2.05, 4.69) is 26.6 Å². The van der Waals surface area contributed by atoms with Gasteiger partial charge in [-0.3, -0.25) is 9.59 Å². The molecule has 0 saturated heterocycles. The second-order valence-electron chi connectivity index (χ2n) is 5.98. The zero-order valence-corrected chi connectivity index (χ0v) is 16.6. The van der Waals surface area contributed by atoms with E-state index < -0.39 is 0 Å². The van der Waals surface area contributed by atoms with Crippen molar-refractivity contribution in [3.8, 4) is 16.9 Å². The molecule has 0 fully saturated rings. The lowest BCUT2D eigenvalue weighted by Gasteiger charge is -2.09. The largest absolute Gasteiger partial charge is 0.484 e. The highest BCUT2D eigenvalue weighted by Crippen LogP contribution is 2.22. The summed E-state index contributed by atoms with van der Waals surface area (Å²) < 4.78 is 6.25. The van der Waals surface area contributed by atoms with Crippen LogP contribution >= 0.6 is 15.9 Å². The van der Waals surface area contributed by atoms with Crippen LogP contribution in [0.1, 0.15) is 0 Å². The Bertz CT molecular complexity index is 944. The van der Waals surface area contributed by atoms with Crippen LogP contribution in [0.4, 0.5) is 5.69 Å². The Morgan fingerprint density at radius 2 is 1.43 bits per heavy atom. The quantitative estimate of drug-likeness (QED) is 0.579. The highest BCUT2D eigenvalue weighted by molar-refractivity contribution is 9.10. The van der Waals surface area contributed by atoms with Gasteiger partial charge in [0.25, 0.3) is 5.91 Å². The Labute approximate surface area is 171 Å². The summed E-state index contributed by atoms with van der Waals surface area (Å²) in [6, 6.07) is 24.8. The van der Waals surface area contributed by atoms with E-state index in [1.165, 1.54) is 0 Å². The molecular weight excluding hydrogens is 420 g/mol. The predicted octanol–water partition coefficient (Wildman–Crippen LogP) is 4.25. The van der Waals surface area contributed by atoms with Crippen molar-refractivity contribution < 1.29 is 14.3 Å². The summed E-state index contributed by atoms with van der Waals surface area (Å²) in [4.78, 5) is 23.8. The summed E-state index contributed by atoms with van der Waals surface area (Å²) in [5.41, 5.74) is 2.83. The number of hydrogen-bond acceptors (Lipinski definition) is 3. The molecule has 0 unspecified atom stereocenters. The highest BCUT2D eigenvalue weighted by Gasteiger charge is 2.08. The van der Waals surface area contributed by atoms with Crippen LogP contribution in [-0.2, 0) is 9.59 Å². The second kappa shape index (κ2) is 9.71. The average Bonchev–Trinajstić information content (AvgIpc) is 2.73. The average molecular weight is 439 g/mol. The molecule has 3 rings (SSSR count).